The van der Waals surface area contributed by atoms with E-state index in [-0.39, 0.29) is 41.7 Å². The second-order valence-corrected chi connectivity index (χ2v) is 9.86. The lowest BCUT2D eigenvalue weighted by molar-refractivity contribution is -0.153. The smallest absolute Gasteiger partial charge is 0.355 e. The van der Waals surface area contributed by atoms with Crippen molar-refractivity contribution in [1.29, 1.82) is 5.26 Å². The molecule has 3 aliphatic rings. The van der Waals surface area contributed by atoms with Gasteiger partial charge in [-0.15, -0.1) is 11.8 Å². The fraction of sp³-hybridized carbons (Fsp3) is 0.308. The van der Waals surface area contributed by atoms with Gasteiger partial charge in [-0.05, 0) is 35.3 Å². The summed E-state index contributed by atoms with van der Waals surface area (Å²) in [6.45, 7) is 0.0447. The minimum Gasteiger partial charge on any atom is -0.497 e. The first-order valence-corrected chi connectivity index (χ1v) is 12.2. The first kappa shape index (κ1) is 23.0. The van der Waals surface area contributed by atoms with E-state index in [1.54, 1.807) is 31.4 Å². The Morgan fingerprint density at radius 3 is 2.57 bits per heavy atom. The summed E-state index contributed by atoms with van der Waals surface area (Å²) in [5.41, 5.74) is 2.61. The Hall–Kier alpha value is -3.77. The van der Waals surface area contributed by atoms with Crippen LogP contribution in [0.25, 0.3) is 0 Å². The molecule has 2 heterocycles. The lowest BCUT2D eigenvalue weighted by Crippen LogP contribution is -2.72. The quantitative estimate of drug-likeness (QED) is 0.470. The van der Waals surface area contributed by atoms with Gasteiger partial charge in [0, 0.05) is 5.25 Å². The van der Waals surface area contributed by atoms with Gasteiger partial charge in [0.05, 0.1) is 25.5 Å². The largest absolute Gasteiger partial charge is 0.497 e. The lowest BCUT2D eigenvalue weighted by atomic mass is 9.78. The number of fused-ring (bicyclic) bond motifs is 2. The molecule has 4 atom stereocenters. The van der Waals surface area contributed by atoms with E-state index in [0.29, 0.717) is 12.2 Å². The number of carbonyl (C=O) groups excluding carboxylic acids is 3. The van der Waals surface area contributed by atoms with Gasteiger partial charge in [0.1, 0.15) is 29.5 Å². The minimum absolute atomic E-state index is 0.0447. The van der Waals surface area contributed by atoms with E-state index in [9.17, 15) is 19.6 Å². The van der Waals surface area contributed by atoms with E-state index in [1.165, 1.54) is 16.7 Å². The number of nitrogens with zero attached hydrogens (tertiary/aromatic N) is 2. The maximum absolute atomic E-state index is 13.1. The highest BCUT2D eigenvalue weighted by Gasteiger charge is 2.60. The topological polar surface area (TPSA) is 109 Å². The molecule has 1 saturated heterocycles. The average molecular weight is 490 g/mol. The Balaban J connectivity index is 1.29. The minimum atomic E-state index is -0.748. The number of methoxy groups -OCH3 is 1. The van der Waals surface area contributed by atoms with Crippen LogP contribution < -0.4 is 10.1 Å². The van der Waals surface area contributed by atoms with Crippen LogP contribution in [0.2, 0.25) is 0 Å². The summed E-state index contributed by atoms with van der Waals surface area (Å²) in [5, 5.41) is 11.7. The van der Waals surface area contributed by atoms with E-state index in [1.807, 2.05) is 30.3 Å². The van der Waals surface area contributed by atoms with Gasteiger partial charge >= 0.3 is 5.97 Å². The molecule has 1 N–H and O–H groups in total. The van der Waals surface area contributed by atoms with Crippen molar-refractivity contribution in [3.05, 3.63) is 77.0 Å². The number of β-lactam (4-membered cyclic amide) rings is 1. The molecule has 2 aromatic rings. The highest BCUT2D eigenvalue weighted by atomic mass is 32.2. The number of rotatable bonds is 7. The van der Waals surface area contributed by atoms with Gasteiger partial charge in [-0.1, -0.05) is 42.5 Å². The van der Waals surface area contributed by atoms with Crippen LogP contribution in [0, 0.1) is 17.2 Å². The Morgan fingerprint density at radius 2 is 1.89 bits per heavy atom. The predicted octanol–water partition coefficient (Wildman–Crippen LogP) is 2.55. The SMILES string of the molecule is COc1ccc(COC(=O)C2=C3C[C@H](C#N)[C@@H]3S[C@@H]3[C@H](NC(=O)Cc4ccccc4)C(=O)N23)cc1. The fourth-order valence-electron chi connectivity index (χ4n) is 4.52. The third-order valence-electron chi connectivity index (χ3n) is 6.44. The van der Waals surface area contributed by atoms with E-state index in [2.05, 4.69) is 11.4 Å². The first-order chi connectivity index (χ1) is 17.0. The number of hydrogen-bond donors (Lipinski definition) is 1. The molecule has 9 heteroatoms. The zero-order valence-electron chi connectivity index (χ0n) is 19.0. The number of nitriles is 1. The molecule has 0 aromatic heterocycles. The number of amides is 2. The molecular formula is C26H23N3O5S. The van der Waals surface area contributed by atoms with Crippen molar-refractivity contribution in [1.82, 2.24) is 10.2 Å². The first-order valence-electron chi connectivity index (χ1n) is 11.2. The van der Waals surface area contributed by atoms with Crippen LogP contribution >= 0.6 is 11.8 Å². The summed E-state index contributed by atoms with van der Waals surface area (Å²) in [7, 11) is 1.57. The lowest BCUT2D eigenvalue weighted by Gasteiger charge is -2.55. The highest BCUT2D eigenvalue weighted by molar-refractivity contribution is 8.01. The number of nitrogens with one attached hydrogen (secondary N) is 1. The Bertz CT molecular complexity index is 1240. The zero-order chi connectivity index (χ0) is 24.5. The summed E-state index contributed by atoms with van der Waals surface area (Å²) in [5.74, 6) is -0.739. The van der Waals surface area contributed by atoms with Crippen LogP contribution in [0.5, 0.6) is 5.75 Å². The van der Waals surface area contributed by atoms with Crippen molar-refractivity contribution < 1.29 is 23.9 Å². The van der Waals surface area contributed by atoms with Gasteiger partial charge in [0.15, 0.2) is 0 Å². The van der Waals surface area contributed by atoms with Gasteiger partial charge < -0.3 is 14.8 Å². The molecule has 1 aliphatic carbocycles. The third-order valence-corrected chi connectivity index (χ3v) is 8.10. The summed E-state index contributed by atoms with van der Waals surface area (Å²) in [4.78, 5) is 40.2. The summed E-state index contributed by atoms with van der Waals surface area (Å²) >= 11 is 1.45. The number of benzene rings is 2. The molecule has 0 bridgehead atoms. The van der Waals surface area contributed by atoms with Gasteiger partial charge in [0.25, 0.3) is 5.91 Å². The molecule has 0 spiro atoms. The Morgan fingerprint density at radius 1 is 1.14 bits per heavy atom. The second-order valence-electron chi connectivity index (χ2n) is 8.60. The van der Waals surface area contributed by atoms with E-state index in [0.717, 1.165) is 16.7 Å². The van der Waals surface area contributed by atoms with Crippen LogP contribution in [0.3, 0.4) is 0 Å². The van der Waals surface area contributed by atoms with Gasteiger partial charge in [-0.2, -0.15) is 5.26 Å². The summed E-state index contributed by atoms with van der Waals surface area (Å²) in [6, 6.07) is 18.0. The highest BCUT2D eigenvalue weighted by Crippen LogP contribution is 2.54. The summed E-state index contributed by atoms with van der Waals surface area (Å²) < 4.78 is 10.7. The number of thioether (sulfide) groups is 1. The molecule has 1 saturated carbocycles. The molecule has 0 radical (unpaired) electrons. The molecule has 35 heavy (non-hydrogen) atoms. The van der Waals surface area contributed by atoms with Crippen LogP contribution in [0.1, 0.15) is 17.5 Å². The maximum Gasteiger partial charge on any atom is 0.355 e. The molecule has 178 valence electrons. The molecule has 2 aromatic carbocycles. The number of carbonyl (C=O) groups is 3. The standard InChI is InChI=1S/C26H23N3O5S/c1-33-18-9-7-16(8-10-18)14-34-26(32)22-19-12-17(13-27)23(19)35-25-21(24(31)29(22)25)28-20(30)11-15-5-3-2-4-6-15/h2-10,17,21,23,25H,11-12,14H2,1H3,(H,28,30)/t17-,21-,23+,25-/m1/s1. The number of esters is 1. The van der Waals surface area contributed by atoms with Crippen molar-refractivity contribution in [2.75, 3.05) is 7.11 Å². The van der Waals surface area contributed by atoms with Crippen molar-refractivity contribution in [2.24, 2.45) is 5.92 Å². The van der Waals surface area contributed by atoms with Gasteiger partial charge in [-0.25, -0.2) is 4.79 Å². The maximum atomic E-state index is 13.1. The molecule has 2 amide bonds. The van der Waals surface area contributed by atoms with E-state index >= 15 is 0 Å². The van der Waals surface area contributed by atoms with Crippen molar-refractivity contribution in [2.45, 2.75) is 36.1 Å². The molecule has 5 rings (SSSR count). The summed E-state index contributed by atoms with van der Waals surface area (Å²) in [6.07, 6.45) is 0.590. The monoisotopic (exact) mass is 489 g/mol. The molecule has 2 fully saturated rings. The van der Waals surface area contributed by atoms with Crippen molar-refractivity contribution >= 4 is 29.5 Å². The molecule has 0 unspecified atom stereocenters. The molecule has 2 aliphatic heterocycles. The normalized spacial score (nSPS) is 24.2. The third kappa shape index (κ3) is 4.26. The molecular weight excluding hydrogens is 466 g/mol. The van der Waals surface area contributed by atoms with Crippen LogP contribution in [-0.4, -0.2) is 46.5 Å². The average Bonchev–Trinajstić information content (AvgIpc) is 2.87. The number of ether oxygens (including phenoxy) is 2. The van der Waals surface area contributed by atoms with Crippen molar-refractivity contribution in [3.63, 3.8) is 0 Å². The number of hydrogen-bond acceptors (Lipinski definition) is 7. The van der Waals surface area contributed by atoms with Crippen LogP contribution in [0.4, 0.5) is 0 Å². The van der Waals surface area contributed by atoms with E-state index in [4.69, 9.17) is 9.47 Å². The fourth-order valence-corrected chi connectivity index (χ4v) is 6.21. The Labute approximate surface area is 206 Å². The molecule has 8 nitrogen and oxygen atoms in total. The predicted molar refractivity (Wildman–Crippen MR) is 128 cm³/mol. The van der Waals surface area contributed by atoms with Crippen LogP contribution in [-0.2, 0) is 32.1 Å². The van der Waals surface area contributed by atoms with Crippen molar-refractivity contribution in [3.8, 4) is 11.8 Å². The van der Waals surface area contributed by atoms with Gasteiger partial charge in [-0.3, -0.25) is 14.5 Å². The van der Waals surface area contributed by atoms with Gasteiger partial charge in [0.2, 0.25) is 5.91 Å². The van der Waals surface area contributed by atoms with Crippen LogP contribution in [0.15, 0.2) is 65.9 Å². The second kappa shape index (κ2) is 9.47. The Kier molecular flexibility index (Phi) is 6.22. The van der Waals surface area contributed by atoms with E-state index < -0.39 is 17.4 Å². The zero-order valence-corrected chi connectivity index (χ0v) is 19.8.